The highest BCUT2D eigenvalue weighted by molar-refractivity contribution is 7.91. The van der Waals surface area contributed by atoms with Crippen LogP contribution in [0.1, 0.15) is 43.9 Å². The predicted octanol–water partition coefficient (Wildman–Crippen LogP) is 3.31. The Hall–Kier alpha value is -1.70. The minimum absolute atomic E-state index is 0.0634. The maximum atomic E-state index is 12.6. The van der Waals surface area contributed by atoms with E-state index >= 15 is 0 Å². The van der Waals surface area contributed by atoms with Gasteiger partial charge in [-0.2, -0.15) is 0 Å². The number of rotatable bonds is 10. The molecule has 29 heavy (non-hydrogen) atoms. The normalized spacial score (nSPS) is 17.7. The number of hydrogen-bond donors (Lipinski definition) is 0. The summed E-state index contributed by atoms with van der Waals surface area (Å²) in [7, 11) is -1.29. The number of aromatic nitrogens is 2. The third-order valence-corrected chi connectivity index (χ3v) is 7.11. The third-order valence-electron chi connectivity index (χ3n) is 5.47. The molecule has 0 amide bonds. The molecule has 0 saturated carbocycles. The lowest BCUT2D eigenvalue weighted by Crippen LogP contribution is -2.33. The summed E-state index contributed by atoms with van der Waals surface area (Å²) in [5.41, 5.74) is 2.21. The van der Waals surface area contributed by atoms with Gasteiger partial charge in [-0.3, -0.25) is 4.90 Å². The Morgan fingerprint density at radius 2 is 2.03 bits per heavy atom. The number of hydrogen-bond acceptors (Lipinski definition) is 5. The predicted molar refractivity (Wildman–Crippen MR) is 115 cm³/mol. The summed E-state index contributed by atoms with van der Waals surface area (Å²) in [6.07, 6.45) is 7.23. The summed E-state index contributed by atoms with van der Waals surface area (Å²) in [4.78, 5) is 6.51. The molecule has 160 valence electrons. The highest BCUT2D eigenvalue weighted by Crippen LogP contribution is 2.18. The minimum atomic E-state index is -3.36. The number of imidazole rings is 1. The van der Waals surface area contributed by atoms with Gasteiger partial charge in [0.2, 0.25) is 15.0 Å². The molecule has 1 aromatic heterocycles. The largest absolute Gasteiger partial charge is 0.377 e. The highest BCUT2D eigenvalue weighted by Gasteiger charge is 2.23. The average molecular weight is 420 g/mol. The quantitative estimate of drug-likeness (QED) is 0.591. The zero-order chi connectivity index (χ0) is 20.7. The Balaban J connectivity index is 1.70. The van der Waals surface area contributed by atoms with Crippen molar-refractivity contribution in [3.63, 3.8) is 0 Å². The van der Waals surface area contributed by atoms with Crippen molar-refractivity contribution in [1.82, 2.24) is 14.5 Å². The molecule has 1 atom stereocenters. The van der Waals surface area contributed by atoms with Crippen molar-refractivity contribution in [2.24, 2.45) is 0 Å². The van der Waals surface area contributed by atoms with Gasteiger partial charge in [-0.25, -0.2) is 13.4 Å². The van der Waals surface area contributed by atoms with E-state index in [1.807, 2.05) is 22.8 Å². The topological polar surface area (TPSA) is 64.4 Å². The lowest BCUT2D eigenvalue weighted by molar-refractivity contribution is -0.00291. The van der Waals surface area contributed by atoms with Gasteiger partial charge >= 0.3 is 0 Å². The van der Waals surface area contributed by atoms with Crippen molar-refractivity contribution in [2.75, 3.05) is 26.0 Å². The fourth-order valence-electron chi connectivity index (χ4n) is 3.86. The van der Waals surface area contributed by atoms with Crippen LogP contribution < -0.4 is 0 Å². The second kappa shape index (κ2) is 10.4. The fourth-order valence-corrected chi connectivity index (χ4v) is 4.88. The molecule has 0 spiro atoms. The molecule has 1 unspecified atom stereocenters. The number of aryl methyl sites for hydroxylation is 1. The SMILES string of the molecule is CCS(=O)(=O)c1ncc(CN(C)CC2CCCCO2)n1CCCc1ccccc1. The standard InChI is InChI=1S/C22H33N3O3S/c1-3-29(26,27)22-23-16-20(17-24(2)18-21-13-7-8-15-28-21)25(22)14-9-12-19-10-5-4-6-11-19/h4-6,10-11,16,21H,3,7-9,12-15,17-18H2,1-2H3. The molecule has 7 heteroatoms. The highest BCUT2D eigenvalue weighted by atomic mass is 32.2. The smallest absolute Gasteiger partial charge is 0.227 e. The van der Waals surface area contributed by atoms with Crippen LogP contribution in [-0.4, -0.2) is 54.9 Å². The maximum Gasteiger partial charge on any atom is 0.227 e. The van der Waals surface area contributed by atoms with Crippen LogP contribution >= 0.6 is 0 Å². The second-order valence-corrected chi connectivity index (χ2v) is 10.0. The molecule has 3 rings (SSSR count). The van der Waals surface area contributed by atoms with Crippen LogP contribution in [0.3, 0.4) is 0 Å². The Morgan fingerprint density at radius 3 is 2.72 bits per heavy atom. The van der Waals surface area contributed by atoms with Crippen molar-refractivity contribution >= 4 is 9.84 Å². The van der Waals surface area contributed by atoms with Crippen molar-refractivity contribution in [1.29, 1.82) is 0 Å². The van der Waals surface area contributed by atoms with Crippen LogP contribution in [0.15, 0.2) is 41.7 Å². The monoisotopic (exact) mass is 419 g/mol. The van der Waals surface area contributed by atoms with E-state index in [-0.39, 0.29) is 17.0 Å². The first-order valence-electron chi connectivity index (χ1n) is 10.6. The van der Waals surface area contributed by atoms with Gasteiger partial charge < -0.3 is 9.30 Å². The van der Waals surface area contributed by atoms with Gasteiger partial charge in [-0.05, 0) is 44.7 Å². The first-order chi connectivity index (χ1) is 14.0. The van der Waals surface area contributed by atoms with Gasteiger partial charge in [0, 0.05) is 26.2 Å². The van der Waals surface area contributed by atoms with Crippen molar-refractivity contribution in [3.05, 3.63) is 47.8 Å². The van der Waals surface area contributed by atoms with Crippen molar-refractivity contribution < 1.29 is 13.2 Å². The Morgan fingerprint density at radius 1 is 1.24 bits per heavy atom. The number of likely N-dealkylation sites (N-methyl/N-ethyl adjacent to an activating group) is 1. The van der Waals surface area contributed by atoms with E-state index in [4.69, 9.17) is 4.74 Å². The molecule has 0 radical (unpaired) electrons. The fraction of sp³-hybridized carbons (Fsp3) is 0.591. The number of ether oxygens (including phenoxy) is 1. The van der Waals surface area contributed by atoms with Crippen LogP contribution in [0.25, 0.3) is 0 Å². The van der Waals surface area contributed by atoms with Gasteiger partial charge in [0.15, 0.2) is 0 Å². The van der Waals surface area contributed by atoms with Gasteiger partial charge in [-0.1, -0.05) is 37.3 Å². The Kier molecular flexibility index (Phi) is 7.86. The third kappa shape index (κ3) is 6.14. The van der Waals surface area contributed by atoms with Crippen molar-refractivity contribution in [3.8, 4) is 0 Å². The Bertz CT molecular complexity index is 859. The zero-order valence-electron chi connectivity index (χ0n) is 17.6. The summed E-state index contributed by atoms with van der Waals surface area (Å²) >= 11 is 0. The molecule has 0 aliphatic carbocycles. The summed E-state index contributed by atoms with van der Waals surface area (Å²) in [5.74, 6) is 0.0634. The molecule has 6 nitrogen and oxygen atoms in total. The van der Waals surface area contributed by atoms with Gasteiger partial charge in [0.25, 0.3) is 0 Å². The number of sulfone groups is 1. The van der Waals surface area contributed by atoms with Crippen LogP contribution in [-0.2, 0) is 34.1 Å². The second-order valence-electron chi connectivity index (χ2n) is 7.86. The lowest BCUT2D eigenvalue weighted by Gasteiger charge is -2.27. The number of benzene rings is 1. The van der Waals surface area contributed by atoms with Crippen LogP contribution in [0.5, 0.6) is 0 Å². The van der Waals surface area contributed by atoms with Gasteiger partial charge in [0.1, 0.15) is 0 Å². The molecule has 0 N–H and O–H groups in total. The van der Waals surface area contributed by atoms with E-state index < -0.39 is 9.84 Å². The van der Waals surface area contributed by atoms with Gasteiger partial charge in [0.05, 0.1) is 23.7 Å². The number of nitrogens with zero attached hydrogens (tertiary/aromatic N) is 3. The molecular formula is C22H33N3O3S. The lowest BCUT2D eigenvalue weighted by atomic mass is 10.1. The van der Waals surface area contributed by atoms with Crippen LogP contribution in [0.2, 0.25) is 0 Å². The molecule has 1 aliphatic rings. The summed E-state index contributed by atoms with van der Waals surface area (Å²) < 4.78 is 32.9. The molecular weight excluding hydrogens is 386 g/mol. The zero-order valence-corrected chi connectivity index (χ0v) is 18.4. The van der Waals surface area contributed by atoms with Crippen LogP contribution in [0.4, 0.5) is 0 Å². The van der Waals surface area contributed by atoms with E-state index in [9.17, 15) is 8.42 Å². The van der Waals surface area contributed by atoms with Gasteiger partial charge in [-0.15, -0.1) is 0 Å². The molecule has 2 aromatic rings. The molecule has 0 bridgehead atoms. The maximum absolute atomic E-state index is 12.6. The minimum Gasteiger partial charge on any atom is -0.377 e. The molecule has 1 aliphatic heterocycles. The average Bonchev–Trinajstić information content (AvgIpc) is 3.12. The summed E-state index contributed by atoms with van der Waals surface area (Å²) in [6.45, 7) is 4.67. The van der Waals surface area contributed by atoms with E-state index in [0.29, 0.717) is 13.1 Å². The first kappa shape index (κ1) is 22.0. The Labute approximate surface area is 174 Å². The molecule has 1 fully saturated rings. The molecule has 1 aromatic carbocycles. The molecule has 2 heterocycles. The van der Waals surface area contributed by atoms with Crippen LogP contribution in [0, 0.1) is 0 Å². The van der Waals surface area contributed by atoms with E-state index in [2.05, 4.69) is 29.1 Å². The first-order valence-corrected chi connectivity index (χ1v) is 12.3. The van der Waals surface area contributed by atoms with Crippen molar-refractivity contribution in [2.45, 2.75) is 63.4 Å². The van der Waals surface area contributed by atoms with E-state index in [1.165, 1.54) is 12.0 Å². The van der Waals surface area contributed by atoms with E-state index in [0.717, 1.165) is 44.5 Å². The summed E-state index contributed by atoms with van der Waals surface area (Å²) in [5, 5.41) is 0.199. The molecule has 1 saturated heterocycles. The van der Waals surface area contributed by atoms with E-state index in [1.54, 1.807) is 13.1 Å². The summed E-state index contributed by atoms with van der Waals surface area (Å²) in [6, 6.07) is 10.3.